The molecule has 4 aromatic carbocycles. The maximum absolute atomic E-state index is 12.6. The molecule has 0 bridgehead atoms. The second-order valence-corrected chi connectivity index (χ2v) is 8.32. The highest BCUT2D eigenvalue weighted by atomic mass is 16.6. The minimum absolute atomic E-state index is 0.102. The molecule has 0 spiro atoms. The Morgan fingerprint density at radius 1 is 0.833 bits per heavy atom. The summed E-state index contributed by atoms with van der Waals surface area (Å²) in [5.41, 5.74) is 2.64. The number of rotatable bonds is 3. The van der Waals surface area contributed by atoms with E-state index in [1.807, 2.05) is 93.6 Å². The van der Waals surface area contributed by atoms with E-state index in [0.29, 0.717) is 5.69 Å². The zero-order chi connectivity index (χ0) is 21.3. The van der Waals surface area contributed by atoms with Crippen molar-refractivity contribution in [3.05, 3.63) is 78.4 Å². The van der Waals surface area contributed by atoms with Gasteiger partial charge < -0.3 is 9.84 Å². The van der Waals surface area contributed by atoms with Crippen LogP contribution in [0.4, 0.5) is 10.5 Å². The highest BCUT2D eigenvalue weighted by Gasteiger charge is 2.21. The van der Waals surface area contributed by atoms with E-state index in [1.165, 1.54) is 0 Å². The van der Waals surface area contributed by atoms with Crippen LogP contribution in [0.5, 0.6) is 0 Å². The molecule has 0 atom stereocenters. The van der Waals surface area contributed by atoms with Crippen molar-refractivity contribution in [1.29, 1.82) is 0 Å². The van der Waals surface area contributed by atoms with Gasteiger partial charge in [-0.1, -0.05) is 66.7 Å². The van der Waals surface area contributed by atoms with Gasteiger partial charge in [-0.2, -0.15) is 0 Å². The molecule has 152 valence electrons. The van der Waals surface area contributed by atoms with Crippen molar-refractivity contribution in [2.45, 2.75) is 33.0 Å². The fraction of sp³-hybridized carbons (Fsp3) is 0.192. The van der Waals surface area contributed by atoms with Crippen LogP contribution in [0.25, 0.3) is 32.7 Å². The first-order chi connectivity index (χ1) is 14.4. The Kier molecular flexibility index (Phi) is 5.18. The lowest BCUT2D eigenvalue weighted by molar-refractivity contribution is 0.0636. The molecule has 2 N–H and O–H groups in total. The van der Waals surface area contributed by atoms with E-state index in [9.17, 15) is 9.90 Å². The zero-order valence-corrected chi connectivity index (χ0v) is 17.4. The first-order valence-electron chi connectivity index (χ1n) is 10.0. The predicted octanol–water partition coefficient (Wildman–Crippen LogP) is 6.50. The Hall–Kier alpha value is -3.37. The number of anilines is 1. The molecule has 0 aliphatic carbocycles. The molecule has 1 amide bonds. The molecule has 0 aliphatic heterocycles. The van der Waals surface area contributed by atoms with Crippen molar-refractivity contribution in [2.75, 3.05) is 5.32 Å². The minimum Gasteiger partial charge on any atom is -0.444 e. The Morgan fingerprint density at radius 2 is 1.40 bits per heavy atom. The van der Waals surface area contributed by atoms with E-state index in [1.54, 1.807) is 0 Å². The van der Waals surface area contributed by atoms with E-state index in [2.05, 4.69) is 5.32 Å². The maximum Gasteiger partial charge on any atom is 0.412 e. The number of fused-ring (bicyclic) bond motifs is 2. The van der Waals surface area contributed by atoms with Gasteiger partial charge >= 0.3 is 6.09 Å². The highest BCUT2D eigenvalue weighted by Crippen LogP contribution is 2.41. The standard InChI is InChI=1S/C26H25NO3/c1-26(2,3)30-25(29)27-22-15-14-18-9-5-7-11-21(18)24(22)23-19(16-28)13-12-17-8-4-6-10-20(17)23/h4-15,28H,16H2,1-3H3,(H,27,29). The van der Waals surface area contributed by atoms with Crippen molar-refractivity contribution < 1.29 is 14.6 Å². The van der Waals surface area contributed by atoms with Gasteiger partial charge in [0, 0.05) is 5.56 Å². The number of aliphatic hydroxyl groups excluding tert-OH is 1. The van der Waals surface area contributed by atoms with Crippen molar-refractivity contribution >= 4 is 33.3 Å². The first-order valence-corrected chi connectivity index (χ1v) is 10.0. The number of ether oxygens (including phenoxy) is 1. The molecule has 4 heteroatoms. The topological polar surface area (TPSA) is 58.6 Å². The van der Waals surface area contributed by atoms with Gasteiger partial charge in [-0.25, -0.2) is 4.79 Å². The Bertz CT molecular complexity index is 1240. The lowest BCUT2D eigenvalue weighted by Crippen LogP contribution is -2.27. The van der Waals surface area contributed by atoms with Crippen LogP contribution in [0.3, 0.4) is 0 Å². The average molecular weight is 399 g/mol. The number of carbonyl (C=O) groups excluding carboxylic acids is 1. The molecule has 0 unspecified atom stereocenters. The number of hydrogen-bond acceptors (Lipinski definition) is 3. The van der Waals surface area contributed by atoms with E-state index in [0.717, 1.165) is 38.2 Å². The third-order valence-corrected chi connectivity index (χ3v) is 5.00. The summed E-state index contributed by atoms with van der Waals surface area (Å²) < 4.78 is 5.49. The van der Waals surface area contributed by atoms with Crippen molar-refractivity contribution in [3.8, 4) is 11.1 Å². The van der Waals surface area contributed by atoms with E-state index in [4.69, 9.17) is 4.74 Å². The van der Waals surface area contributed by atoms with Crippen LogP contribution < -0.4 is 5.32 Å². The van der Waals surface area contributed by atoms with Crippen LogP contribution in [-0.4, -0.2) is 16.8 Å². The molecular weight excluding hydrogens is 374 g/mol. The smallest absolute Gasteiger partial charge is 0.412 e. The molecule has 0 aromatic heterocycles. The van der Waals surface area contributed by atoms with Crippen LogP contribution in [0.15, 0.2) is 72.8 Å². The molecule has 0 saturated heterocycles. The van der Waals surface area contributed by atoms with Gasteiger partial charge in [0.15, 0.2) is 0 Å². The summed E-state index contributed by atoms with van der Waals surface area (Å²) in [6, 6.07) is 23.9. The molecule has 0 fully saturated rings. The van der Waals surface area contributed by atoms with Crippen LogP contribution >= 0.6 is 0 Å². The van der Waals surface area contributed by atoms with Crippen LogP contribution in [0, 0.1) is 0 Å². The molecule has 30 heavy (non-hydrogen) atoms. The van der Waals surface area contributed by atoms with E-state index in [-0.39, 0.29) is 6.61 Å². The molecule has 4 rings (SSSR count). The zero-order valence-electron chi connectivity index (χ0n) is 17.4. The molecule has 0 heterocycles. The quantitative estimate of drug-likeness (QED) is 0.413. The number of hydrogen-bond donors (Lipinski definition) is 2. The Balaban J connectivity index is 2.01. The SMILES string of the molecule is CC(C)(C)OC(=O)Nc1ccc2ccccc2c1-c1c(CO)ccc2ccccc12. The summed E-state index contributed by atoms with van der Waals surface area (Å²) in [4.78, 5) is 12.6. The number of amides is 1. The van der Waals surface area contributed by atoms with Gasteiger partial charge in [0.05, 0.1) is 12.3 Å². The van der Waals surface area contributed by atoms with Crippen LogP contribution in [0.1, 0.15) is 26.3 Å². The number of benzene rings is 4. The Morgan fingerprint density at radius 3 is 2.00 bits per heavy atom. The first kappa shape index (κ1) is 19.9. The fourth-order valence-electron chi connectivity index (χ4n) is 3.80. The van der Waals surface area contributed by atoms with Crippen LogP contribution in [0.2, 0.25) is 0 Å². The summed E-state index contributed by atoms with van der Waals surface area (Å²) in [6.07, 6.45) is -0.509. The molecular formula is C26H25NO3. The van der Waals surface area contributed by atoms with Gasteiger partial charge in [0.1, 0.15) is 5.60 Å². The van der Waals surface area contributed by atoms with Crippen molar-refractivity contribution in [3.63, 3.8) is 0 Å². The second kappa shape index (κ2) is 7.81. The van der Waals surface area contributed by atoms with Gasteiger partial charge in [-0.15, -0.1) is 0 Å². The van der Waals surface area contributed by atoms with Gasteiger partial charge in [0.25, 0.3) is 0 Å². The van der Waals surface area contributed by atoms with Gasteiger partial charge in [-0.05, 0) is 59.5 Å². The predicted molar refractivity (Wildman–Crippen MR) is 123 cm³/mol. The van der Waals surface area contributed by atoms with Gasteiger partial charge in [0.2, 0.25) is 0 Å². The number of nitrogens with one attached hydrogen (secondary N) is 1. The van der Waals surface area contributed by atoms with Crippen molar-refractivity contribution in [1.82, 2.24) is 0 Å². The Labute approximate surface area is 176 Å². The fourth-order valence-corrected chi connectivity index (χ4v) is 3.80. The lowest BCUT2D eigenvalue weighted by atomic mass is 9.89. The molecule has 4 nitrogen and oxygen atoms in total. The van der Waals surface area contributed by atoms with E-state index >= 15 is 0 Å². The number of aliphatic hydroxyl groups is 1. The lowest BCUT2D eigenvalue weighted by Gasteiger charge is -2.22. The summed E-state index contributed by atoms with van der Waals surface area (Å²) in [5, 5.41) is 17.2. The van der Waals surface area contributed by atoms with Gasteiger partial charge in [-0.3, -0.25) is 5.32 Å². The highest BCUT2D eigenvalue weighted by molar-refractivity contribution is 6.12. The number of carbonyl (C=O) groups is 1. The third kappa shape index (κ3) is 3.87. The average Bonchev–Trinajstić information content (AvgIpc) is 2.71. The summed E-state index contributed by atoms with van der Waals surface area (Å²) in [5.74, 6) is 0. The molecule has 0 radical (unpaired) electrons. The van der Waals surface area contributed by atoms with E-state index < -0.39 is 11.7 Å². The summed E-state index contributed by atoms with van der Waals surface area (Å²) >= 11 is 0. The maximum atomic E-state index is 12.6. The molecule has 4 aromatic rings. The third-order valence-electron chi connectivity index (χ3n) is 5.00. The normalized spacial score (nSPS) is 11.6. The second-order valence-electron chi connectivity index (χ2n) is 8.32. The monoisotopic (exact) mass is 399 g/mol. The molecule has 0 saturated carbocycles. The largest absolute Gasteiger partial charge is 0.444 e. The summed E-state index contributed by atoms with van der Waals surface area (Å²) in [6.45, 7) is 5.41. The minimum atomic E-state index is -0.600. The van der Waals surface area contributed by atoms with Crippen molar-refractivity contribution in [2.24, 2.45) is 0 Å². The van der Waals surface area contributed by atoms with Crippen LogP contribution in [-0.2, 0) is 11.3 Å². The summed E-state index contributed by atoms with van der Waals surface area (Å²) in [7, 11) is 0. The molecule has 0 aliphatic rings.